The second-order valence-corrected chi connectivity index (χ2v) is 10.7. The highest BCUT2D eigenvalue weighted by Gasteiger charge is 2.23. The maximum atomic E-state index is 11.3. The maximum Gasteiger partial charge on any atom is 0.218 e. The van der Waals surface area contributed by atoms with E-state index in [0.29, 0.717) is 19.1 Å². The zero-order chi connectivity index (χ0) is 24.7. The van der Waals surface area contributed by atoms with Crippen molar-refractivity contribution in [2.24, 2.45) is 5.92 Å². The first-order valence-corrected chi connectivity index (χ1v) is 14.6. The van der Waals surface area contributed by atoms with Crippen LogP contribution in [0.3, 0.4) is 0 Å². The van der Waals surface area contributed by atoms with Crippen LogP contribution < -0.4 is 0 Å². The first-order valence-electron chi connectivity index (χ1n) is 13.3. The molecule has 1 aliphatic rings. The van der Waals surface area contributed by atoms with Crippen LogP contribution in [0.4, 0.5) is 0 Å². The molecule has 0 bridgehead atoms. The minimum absolute atomic E-state index is 0.105. The van der Waals surface area contributed by atoms with Crippen molar-refractivity contribution in [3.63, 3.8) is 0 Å². The lowest BCUT2D eigenvalue weighted by atomic mass is 9.95. The van der Waals surface area contributed by atoms with Crippen LogP contribution in [0.5, 0.6) is 0 Å². The smallest absolute Gasteiger partial charge is 0.218 e. The molecule has 1 aliphatic heterocycles. The van der Waals surface area contributed by atoms with Gasteiger partial charge in [-0.15, -0.1) is 0 Å². The summed E-state index contributed by atoms with van der Waals surface area (Å²) in [5.41, 5.74) is 2.39. The van der Waals surface area contributed by atoms with Crippen molar-refractivity contribution in [3.8, 4) is 0 Å². The van der Waals surface area contributed by atoms with Crippen molar-refractivity contribution in [1.29, 1.82) is 0 Å². The molecule has 0 saturated carbocycles. The summed E-state index contributed by atoms with van der Waals surface area (Å²) in [5, 5.41) is 0. The number of hydrogen-bond donors (Lipinski definition) is 0. The highest BCUT2D eigenvalue weighted by atomic mass is 32.3. The summed E-state index contributed by atoms with van der Waals surface area (Å²) in [6.45, 7) is 6.21. The Balaban J connectivity index is 1.87. The Morgan fingerprint density at radius 2 is 1.59 bits per heavy atom. The second kappa shape index (κ2) is 16.4. The van der Waals surface area contributed by atoms with E-state index in [1.54, 1.807) is 0 Å². The van der Waals surface area contributed by atoms with Crippen LogP contribution in [0.25, 0.3) is 0 Å². The van der Waals surface area contributed by atoms with Crippen LogP contribution >= 0.6 is 0 Å². The normalized spacial score (nSPS) is 15.6. The molecule has 2 unspecified atom stereocenters. The number of ether oxygens (including phenoxy) is 1. The van der Waals surface area contributed by atoms with Crippen LogP contribution in [0.15, 0.2) is 24.3 Å². The maximum absolute atomic E-state index is 11.3. The summed E-state index contributed by atoms with van der Waals surface area (Å²) in [6.07, 6.45) is 15.6. The number of nitrogens with zero attached hydrogens (tertiary/aromatic N) is 1. The summed E-state index contributed by atoms with van der Waals surface area (Å²) in [5.74, 6) is 0.468. The second-order valence-electron chi connectivity index (χ2n) is 9.66. The summed E-state index contributed by atoms with van der Waals surface area (Å²) < 4.78 is 46.9. The van der Waals surface area contributed by atoms with Crippen molar-refractivity contribution >= 4 is 16.6 Å². The molecular formula is C27H45NO5S. The summed E-state index contributed by atoms with van der Waals surface area (Å²) >= 11 is 0. The standard InChI is InChI=1S/C27H45NO5S/c1-3-5-7-8-9-11-15-24(14-10-6-4-2)22-32-23-27(33-34(29,30)31)21-28-19-18-25-16-12-13-17-26(25)20-28/h12-13,16-17,20,24,27H,3-11,14-15,18-19,21-23H2,1-2H3. The van der Waals surface area contributed by atoms with Crippen molar-refractivity contribution in [3.05, 3.63) is 35.4 Å². The quantitative estimate of drug-likeness (QED) is 0.110. The Bertz CT molecular complexity index is 824. The minimum atomic E-state index is -4.80. The van der Waals surface area contributed by atoms with E-state index in [0.717, 1.165) is 31.4 Å². The van der Waals surface area contributed by atoms with E-state index in [4.69, 9.17) is 8.92 Å². The summed E-state index contributed by atoms with van der Waals surface area (Å²) in [4.78, 5) is 0. The highest BCUT2D eigenvalue weighted by molar-refractivity contribution is 7.80. The fourth-order valence-electron chi connectivity index (χ4n) is 4.67. The summed E-state index contributed by atoms with van der Waals surface area (Å²) in [7, 11) is -4.80. The molecule has 1 aromatic carbocycles. The largest absolute Gasteiger partial charge is 0.726 e. The van der Waals surface area contributed by atoms with E-state index < -0.39 is 16.5 Å². The van der Waals surface area contributed by atoms with Crippen LogP contribution in [0, 0.1) is 5.92 Å². The van der Waals surface area contributed by atoms with E-state index in [2.05, 4.69) is 19.9 Å². The number of rotatable bonds is 19. The van der Waals surface area contributed by atoms with Crippen LogP contribution in [0.2, 0.25) is 0 Å². The Kier molecular flexibility index (Phi) is 14.0. The van der Waals surface area contributed by atoms with E-state index in [1.165, 1.54) is 63.4 Å². The third-order valence-electron chi connectivity index (χ3n) is 6.58. The molecule has 34 heavy (non-hydrogen) atoms. The molecule has 0 radical (unpaired) electrons. The molecule has 0 N–H and O–H groups in total. The molecule has 0 aliphatic carbocycles. The lowest BCUT2D eigenvalue weighted by molar-refractivity contribution is -0.532. The van der Waals surface area contributed by atoms with Gasteiger partial charge >= 0.3 is 0 Å². The van der Waals surface area contributed by atoms with Gasteiger partial charge in [-0.25, -0.2) is 13.0 Å². The predicted octanol–water partition coefficient (Wildman–Crippen LogP) is 5.48. The van der Waals surface area contributed by atoms with E-state index in [1.807, 2.05) is 29.0 Å². The summed E-state index contributed by atoms with van der Waals surface area (Å²) in [6, 6.07) is 8.15. The van der Waals surface area contributed by atoms with Crippen molar-refractivity contribution in [1.82, 2.24) is 0 Å². The third kappa shape index (κ3) is 12.4. The molecule has 1 aromatic rings. The fraction of sp³-hybridized carbons (Fsp3) is 0.741. The average molecular weight is 496 g/mol. The van der Waals surface area contributed by atoms with Gasteiger partial charge in [0.2, 0.25) is 10.4 Å². The van der Waals surface area contributed by atoms with Gasteiger partial charge in [-0.1, -0.05) is 89.8 Å². The third-order valence-corrected chi connectivity index (χ3v) is 7.08. The first kappa shape index (κ1) is 29.0. The Morgan fingerprint density at radius 1 is 0.941 bits per heavy atom. The van der Waals surface area contributed by atoms with E-state index >= 15 is 0 Å². The van der Waals surface area contributed by atoms with Gasteiger partial charge in [0.05, 0.1) is 6.61 Å². The van der Waals surface area contributed by atoms with Crippen LogP contribution in [-0.2, 0) is 25.7 Å². The van der Waals surface area contributed by atoms with Gasteiger partial charge in [-0.2, -0.15) is 0 Å². The molecule has 0 saturated heterocycles. The molecule has 0 amide bonds. The Hall–Kier alpha value is -1.28. The van der Waals surface area contributed by atoms with Gasteiger partial charge in [0.25, 0.3) is 0 Å². The molecule has 0 fully saturated rings. The monoisotopic (exact) mass is 495 g/mol. The molecule has 0 spiro atoms. The Morgan fingerprint density at radius 3 is 2.32 bits per heavy atom. The van der Waals surface area contributed by atoms with Crippen molar-refractivity contribution in [2.45, 2.75) is 97.0 Å². The van der Waals surface area contributed by atoms with Gasteiger partial charge in [0.1, 0.15) is 6.54 Å². The number of unbranched alkanes of at least 4 members (excludes halogenated alkanes) is 7. The highest BCUT2D eigenvalue weighted by Crippen LogP contribution is 2.19. The molecular weight excluding hydrogens is 450 g/mol. The lowest BCUT2D eigenvalue weighted by Gasteiger charge is -2.22. The van der Waals surface area contributed by atoms with E-state index in [-0.39, 0.29) is 6.61 Å². The molecule has 194 valence electrons. The van der Waals surface area contributed by atoms with Crippen molar-refractivity contribution < 1.29 is 26.5 Å². The molecule has 7 heteroatoms. The molecule has 0 aromatic heterocycles. The van der Waals surface area contributed by atoms with Crippen LogP contribution in [-0.4, -0.2) is 56.2 Å². The molecule has 1 heterocycles. The minimum Gasteiger partial charge on any atom is -0.726 e. The SMILES string of the molecule is CCCCCCCCC(CCCCC)COCC(C[N+]1=Cc2ccccc2CC1)OS(=O)(=O)[O-]. The first-order chi connectivity index (χ1) is 16.4. The van der Waals surface area contributed by atoms with Gasteiger partial charge in [0, 0.05) is 18.6 Å². The predicted molar refractivity (Wildman–Crippen MR) is 136 cm³/mol. The lowest BCUT2D eigenvalue weighted by Crippen LogP contribution is -2.36. The van der Waals surface area contributed by atoms with Crippen LogP contribution in [0.1, 0.15) is 95.6 Å². The van der Waals surface area contributed by atoms with E-state index in [9.17, 15) is 13.0 Å². The number of hydrogen-bond acceptors (Lipinski definition) is 5. The topological polar surface area (TPSA) is 78.7 Å². The average Bonchev–Trinajstić information content (AvgIpc) is 2.80. The van der Waals surface area contributed by atoms with Gasteiger partial charge in [-0.3, -0.25) is 4.18 Å². The Labute approximate surface area is 207 Å². The molecule has 2 atom stereocenters. The number of fused-ring (bicyclic) bond motifs is 1. The molecule has 6 nitrogen and oxygen atoms in total. The van der Waals surface area contributed by atoms with Gasteiger partial charge in [-0.05, 0) is 30.4 Å². The van der Waals surface area contributed by atoms with Gasteiger partial charge < -0.3 is 9.29 Å². The zero-order valence-electron chi connectivity index (χ0n) is 21.3. The molecule has 2 rings (SSSR count). The number of benzene rings is 1. The van der Waals surface area contributed by atoms with Crippen molar-refractivity contribution in [2.75, 3.05) is 26.3 Å². The fourth-order valence-corrected chi connectivity index (χ4v) is 5.12. The zero-order valence-corrected chi connectivity index (χ0v) is 22.1. The van der Waals surface area contributed by atoms with Gasteiger partial charge in [0.15, 0.2) is 18.9 Å².